The minimum absolute atomic E-state index is 0.0190. The van der Waals surface area contributed by atoms with Crippen LogP contribution in [0.1, 0.15) is 5.56 Å². The molecule has 0 saturated heterocycles. The third kappa shape index (κ3) is 3.11. The second-order valence-corrected chi connectivity index (χ2v) is 4.49. The van der Waals surface area contributed by atoms with Crippen LogP contribution in [0.5, 0.6) is 0 Å². The van der Waals surface area contributed by atoms with Crippen molar-refractivity contribution in [3.05, 3.63) is 59.1 Å². The van der Waals surface area contributed by atoms with E-state index in [1.165, 1.54) is 0 Å². The molecule has 2 nitrogen and oxygen atoms in total. The number of halogens is 1. The maximum absolute atomic E-state index is 11.3. The van der Waals surface area contributed by atoms with Crippen molar-refractivity contribution < 1.29 is 4.79 Å². The highest BCUT2D eigenvalue weighted by atomic mass is 35.5. The number of likely N-dealkylation sites (N-methyl/N-ethyl adjacent to an activating group) is 1. The average molecular weight is 260 g/mol. The molecule has 0 fully saturated rings. The fourth-order valence-corrected chi connectivity index (χ4v) is 1.95. The van der Waals surface area contributed by atoms with Crippen molar-refractivity contribution in [3.63, 3.8) is 0 Å². The Kier molecular flexibility index (Phi) is 4.00. The standard InChI is InChI=1S/C15H14ClNO/c1-17-15(18)9-11-5-7-12(8-6-11)13-3-2-4-14(16)10-13/h2-8,10H,9H2,1H3,(H,17,18). The second kappa shape index (κ2) is 5.69. The molecule has 0 aliphatic heterocycles. The number of benzene rings is 2. The molecule has 2 aromatic carbocycles. The number of amides is 1. The van der Waals surface area contributed by atoms with Crippen molar-refractivity contribution in [2.24, 2.45) is 0 Å². The van der Waals surface area contributed by atoms with E-state index in [1.54, 1.807) is 7.05 Å². The van der Waals surface area contributed by atoms with Crippen molar-refractivity contribution in [2.75, 3.05) is 7.05 Å². The molecule has 0 spiro atoms. The largest absolute Gasteiger partial charge is 0.359 e. The summed E-state index contributed by atoms with van der Waals surface area (Å²) in [4.78, 5) is 11.3. The molecule has 0 bridgehead atoms. The highest BCUT2D eigenvalue weighted by Gasteiger charge is 2.02. The lowest BCUT2D eigenvalue weighted by Gasteiger charge is -2.04. The predicted octanol–water partition coefficient (Wildman–Crippen LogP) is 3.30. The van der Waals surface area contributed by atoms with Gasteiger partial charge in [0.2, 0.25) is 5.91 Å². The molecule has 2 rings (SSSR count). The van der Waals surface area contributed by atoms with Crippen LogP contribution in [0.15, 0.2) is 48.5 Å². The molecule has 3 heteroatoms. The van der Waals surface area contributed by atoms with Crippen LogP contribution in [0.2, 0.25) is 5.02 Å². The molecule has 0 heterocycles. The zero-order valence-electron chi connectivity index (χ0n) is 10.1. The summed E-state index contributed by atoms with van der Waals surface area (Å²) in [5.74, 6) is 0.0190. The number of nitrogens with one attached hydrogen (secondary N) is 1. The first-order valence-corrected chi connectivity index (χ1v) is 6.12. The summed E-state index contributed by atoms with van der Waals surface area (Å²) < 4.78 is 0. The van der Waals surface area contributed by atoms with Crippen molar-refractivity contribution in [1.29, 1.82) is 0 Å². The van der Waals surface area contributed by atoms with E-state index in [-0.39, 0.29) is 5.91 Å². The Hall–Kier alpha value is -1.80. The molecule has 0 aliphatic carbocycles. The maximum Gasteiger partial charge on any atom is 0.224 e. The van der Waals surface area contributed by atoms with Gasteiger partial charge in [0.25, 0.3) is 0 Å². The van der Waals surface area contributed by atoms with E-state index >= 15 is 0 Å². The normalized spacial score (nSPS) is 10.1. The van der Waals surface area contributed by atoms with Crippen molar-refractivity contribution in [1.82, 2.24) is 5.32 Å². The van der Waals surface area contributed by atoms with Gasteiger partial charge in [0, 0.05) is 12.1 Å². The van der Waals surface area contributed by atoms with Crippen LogP contribution in [0.25, 0.3) is 11.1 Å². The summed E-state index contributed by atoms with van der Waals surface area (Å²) in [7, 11) is 1.64. The van der Waals surface area contributed by atoms with Gasteiger partial charge < -0.3 is 5.32 Å². The molecular formula is C15H14ClNO. The van der Waals surface area contributed by atoms with Gasteiger partial charge in [0.05, 0.1) is 6.42 Å². The van der Waals surface area contributed by atoms with Crippen molar-refractivity contribution in [2.45, 2.75) is 6.42 Å². The van der Waals surface area contributed by atoms with E-state index in [0.717, 1.165) is 21.7 Å². The molecule has 18 heavy (non-hydrogen) atoms. The van der Waals surface area contributed by atoms with Gasteiger partial charge in [-0.05, 0) is 28.8 Å². The number of hydrogen-bond acceptors (Lipinski definition) is 1. The topological polar surface area (TPSA) is 29.1 Å². The molecule has 0 atom stereocenters. The number of carbonyl (C=O) groups excluding carboxylic acids is 1. The molecule has 2 aromatic rings. The van der Waals surface area contributed by atoms with Crippen LogP contribution in [0.4, 0.5) is 0 Å². The van der Waals surface area contributed by atoms with Crippen molar-refractivity contribution in [3.8, 4) is 11.1 Å². The molecule has 1 amide bonds. The van der Waals surface area contributed by atoms with Crippen molar-refractivity contribution >= 4 is 17.5 Å². The summed E-state index contributed by atoms with van der Waals surface area (Å²) in [5, 5.41) is 3.33. The minimum atomic E-state index is 0.0190. The summed E-state index contributed by atoms with van der Waals surface area (Å²) in [6, 6.07) is 15.7. The third-order valence-corrected chi connectivity index (χ3v) is 2.99. The smallest absolute Gasteiger partial charge is 0.224 e. The predicted molar refractivity (Wildman–Crippen MR) is 74.7 cm³/mol. The van der Waals surface area contributed by atoms with E-state index in [0.29, 0.717) is 6.42 Å². The quantitative estimate of drug-likeness (QED) is 0.900. The molecular weight excluding hydrogens is 246 g/mol. The Labute approximate surface area is 112 Å². The fourth-order valence-electron chi connectivity index (χ4n) is 1.76. The lowest BCUT2D eigenvalue weighted by Crippen LogP contribution is -2.19. The molecule has 0 unspecified atom stereocenters. The summed E-state index contributed by atoms with van der Waals surface area (Å²) in [6.07, 6.45) is 0.409. The van der Waals surface area contributed by atoms with Gasteiger partial charge >= 0.3 is 0 Å². The first kappa shape index (κ1) is 12.7. The van der Waals surface area contributed by atoms with E-state index in [1.807, 2.05) is 48.5 Å². The fraction of sp³-hybridized carbons (Fsp3) is 0.133. The van der Waals surface area contributed by atoms with Gasteiger partial charge in [-0.1, -0.05) is 48.0 Å². The molecule has 0 aliphatic rings. The van der Waals surface area contributed by atoms with Gasteiger partial charge in [-0.25, -0.2) is 0 Å². The van der Waals surface area contributed by atoms with Crippen LogP contribution in [-0.2, 0) is 11.2 Å². The van der Waals surface area contributed by atoms with Crippen LogP contribution in [0, 0.1) is 0 Å². The summed E-state index contributed by atoms with van der Waals surface area (Å²) >= 11 is 5.96. The molecule has 0 aromatic heterocycles. The summed E-state index contributed by atoms with van der Waals surface area (Å²) in [5.41, 5.74) is 3.17. The first-order chi connectivity index (χ1) is 8.69. The second-order valence-electron chi connectivity index (χ2n) is 4.06. The number of carbonyl (C=O) groups is 1. The highest BCUT2D eigenvalue weighted by Crippen LogP contribution is 2.23. The monoisotopic (exact) mass is 259 g/mol. The Morgan fingerprint density at radius 2 is 1.83 bits per heavy atom. The minimum Gasteiger partial charge on any atom is -0.359 e. The van der Waals surface area contributed by atoms with E-state index in [9.17, 15) is 4.79 Å². The molecule has 92 valence electrons. The average Bonchev–Trinajstić information content (AvgIpc) is 2.39. The van der Waals surface area contributed by atoms with Gasteiger partial charge in [0.15, 0.2) is 0 Å². The van der Waals surface area contributed by atoms with E-state index in [2.05, 4.69) is 5.32 Å². The molecule has 1 N–H and O–H groups in total. The van der Waals surface area contributed by atoms with Gasteiger partial charge in [-0.15, -0.1) is 0 Å². The highest BCUT2D eigenvalue weighted by molar-refractivity contribution is 6.30. The van der Waals surface area contributed by atoms with Crippen LogP contribution >= 0.6 is 11.6 Å². The van der Waals surface area contributed by atoms with Gasteiger partial charge in [-0.3, -0.25) is 4.79 Å². The maximum atomic E-state index is 11.3. The molecule has 0 radical (unpaired) electrons. The van der Waals surface area contributed by atoms with Gasteiger partial charge in [-0.2, -0.15) is 0 Å². The van der Waals surface area contributed by atoms with E-state index < -0.39 is 0 Å². The third-order valence-electron chi connectivity index (χ3n) is 2.76. The number of hydrogen-bond donors (Lipinski definition) is 1. The van der Waals surface area contributed by atoms with Crippen LogP contribution in [0.3, 0.4) is 0 Å². The zero-order chi connectivity index (χ0) is 13.0. The number of rotatable bonds is 3. The lowest BCUT2D eigenvalue weighted by atomic mass is 10.0. The lowest BCUT2D eigenvalue weighted by molar-refractivity contribution is -0.119. The Morgan fingerprint density at radius 1 is 1.11 bits per heavy atom. The summed E-state index contributed by atoms with van der Waals surface area (Å²) in [6.45, 7) is 0. The zero-order valence-corrected chi connectivity index (χ0v) is 10.9. The van der Waals surface area contributed by atoms with E-state index in [4.69, 9.17) is 11.6 Å². The Morgan fingerprint density at radius 3 is 2.44 bits per heavy atom. The Balaban J connectivity index is 2.19. The first-order valence-electron chi connectivity index (χ1n) is 5.74. The van der Waals surface area contributed by atoms with Gasteiger partial charge in [0.1, 0.15) is 0 Å². The molecule has 0 saturated carbocycles. The van der Waals surface area contributed by atoms with Crippen LogP contribution in [-0.4, -0.2) is 13.0 Å². The Bertz CT molecular complexity index is 549. The SMILES string of the molecule is CNC(=O)Cc1ccc(-c2cccc(Cl)c2)cc1. The van der Waals surface area contributed by atoms with Crippen LogP contribution < -0.4 is 5.32 Å².